The van der Waals surface area contributed by atoms with Gasteiger partial charge in [0.05, 0.1) is 23.0 Å². The van der Waals surface area contributed by atoms with Crippen molar-refractivity contribution in [1.29, 1.82) is 0 Å². The number of carbonyl (C=O) groups excluding carboxylic acids is 6. The van der Waals surface area contributed by atoms with Gasteiger partial charge in [-0.2, -0.15) is 0 Å². The van der Waals surface area contributed by atoms with Gasteiger partial charge >= 0.3 is 0 Å². The second kappa shape index (κ2) is 27.8. The molecule has 57 heavy (non-hydrogen) atoms. The molecule has 1 aliphatic rings. The van der Waals surface area contributed by atoms with E-state index >= 15 is 0 Å². The average molecular weight is 785 g/mol. The van der Waals surface area contributed by atoms with Crippen LogP contribution < -0.4 is 26.6 Å². The van der Waals surface area contributed by atoms with Crippen LogP contribution in [-0.2, 0) is 9.59 Å². The van der Waals surface area contributed by atoms with E-state index in [0.717, 1.165) is 55.7 Å². The Hall–Kier alpha value is -5.73. The number of nitrogens with one attached hydrogen (secondary N) is 5. The number of unbranched alkanes of at least 4 members (excludes halogenated alkanes) is 2. The maximum Gasteiger partial charge on any atom is 0.257 e. The summed E-state index contributed by atoms with van der Waals surface area (Å²) < 4.78 is 0. The summed E-state index contributed by atoms with van der Waals surface area (Å²) in [5.41, 5.74) is 4.90. The molecule has 1 unspecified atom stereocenters. The quantitative estimate of drug-likeness (QED) is 0.0504. The summed E-state index contributed by atoms with van der Waals surface area (Å²) >= 11 is 0. The maximum absolute atomic E-state index is 13.1. The summed E-state index contributed by atoms with van der Waals surface area (Å²) in [5, 5.41) is 15.3. The average Bonchev–Trinajstić information content (AvgIpc) is 3.77. The largest absolute Gasteiger partial charge is 0.388 e. The van der Waals surface area contributed by atoms with Gasteiger partial charge in [-0.3, -0.25) is 24.2 Å². The van der Waals surface area contributed by atoms with Gasteiger partial charge < -0.3 is 46.0 Å². The van der Waals surface area contributed by atoms with Crippen LogP contribution in [0.3, 0.4) is 0 Å². The molecule has 0 spiro atoms. The molecule has 0 aliphatic carbocycles. The Labute approximate surface area is 337 Å². The van der Waals surface area contributed by atoms with Crippen LogP contribution in [0.1, 0.15) is 86.4 Å². The number of likely N-dealkylation sites (N-methyl/N-ethyl adjacent to an activating group) is 1. The van der Waals surface area contributed by atoms with Crippen LogP contribution in [0.5, 0.6) is 0 Å². The molecule has 1 heterocycles. The predicted molar refractivity (Wildman–Crippen MR) is 230 cm³/mol. The Morgan fingerprint density at radius 1 is 0.860 bits per heavy atom. The number of rotatable bonds is 22. The molecule has 1 fully saturated rings. The monoisotopic (exact) mass is 784 g/mol. The van der Waals surface area contributed by atoms with Crippen molar-refractivity contribution in [2.24, 2.45) is 4.99 Å². The lowest BCUT2D eigenvalue weighted by molar-refractivity contribution is -0.112. The fourth-order valence-electron chi connectivity index (χ4n) is 5.96. The fraction of sp³-hybridized carbons (Fsp3) is 0.419. The molecule has 1 atom stereocenters. The van der Waals surface area contributed by atoms with E-state index < -0.39 is 11.9 Å². The first-order chi connectivity index (χ1) is 27.7. The fourth-order valence-corrected chi connectivity index (χ4v) is 5.96. The van der Waals surface area contributed by atoms with E-state index in [2.05, 4.69) is 49.3 Å². The second-order valence-corrected chi connectivity index (χ2v) is 13.3. The van der Waals surface area contributed by atoms with Gasteiger partial charge in [0, 0.05) is 74.8 Å². The van der Waals surface area contributed by atoms with E-state index in [1.165, 1.54) is 43.9 Å². The van der Waals surface area contributed by atoms with Crippen molar-refractivity contribution >= 4 is 66.4 Å². The zero-order chi connectivity index (χ0) is 41.8. The highest BCUT2D eigenvalue weighted by Gasteiger charge is 2.25. The van der Waals surface area contributed by atoms with E-state index in [0.29, 0.717) is 48.8 Å². The normalized spacial score (nSPS) is 12.3. The highest BCUT2D eigenvalue weighted by molar-refractivity contribution is 6.06. The molecule has 5 N–H and O–H groups in total. The van der Waals surface area contributed by atoms with Crippen molar-refractivity contribution in [1.82, 2.24) is 20.4 Å². The van der Waals surface area contributed by atoms with Gasteiger partial charge in [0.2, 0.25) is 0 Å². The Kier molecular flexibility index (Phi) is 23.1. The van der Waals surface area contributed by atoms with E-state index in [4.69, 9.17) is 0 Å². The number of nitrogens with zero attached hydrogens (tertiary/aromatic N) is 3. The standard InChI is InChI=1S/C27H31N3O6.C14H22N4.C2H7N/c1-30(23(19-34)8-6-16-31)27(36)25-22(18-33)7-5-9-24(25)28-14-3-2-4-15-29-26(35)21-12-10-20(17-32)11-13-21;1-15-12-5-6-13(14(11-12)16-2)17-7-10-18-8-3-4-9-18;1-3-2/h5,7,9-13,16-19,23,28H,2-4,6,8,14-15H2,1H3,(H,29,35);5-6,11,15,17H,2-4,7-10H2,1H3;3H,1-2H3. The zero-order valence-corrected chi connectivity index (χ0v) is 33.9. The van der Waals surface area contributed by atoms with E-state index in [1.807, 2.05) is 33.3 Å². The minimum Gasteiger partial charge on any atom is -0.388 e. The van der Waals surface area contributed by atoms with Crippen LogP contribution in [0.15, 0.2) is 65.7 Å². The molecule has 0 bridgehead atoms. The molecular formula is C43H60N8O6. The zero-order valence-electron chi connectivity index (χ0n) is 33.9. The van der Waals surface area contributed by atoms with Crippen LogP contribution in [0.4, 0.5) is 22.7 Å². The number of carbonyl (C=O) groups is 6. The molecule has 0 radical (unpaired) electrons. The molecule has 3 aromatic carbocycles. The smallest absolute Gasteiger partial charge is 0.257 e. The second-order valence-electron chi connectivity index (χ2n) is 13.3. The van der Waals surface area contributed by atoms with Gasteiger partial charge in [0.15, 0.2) is 6.29 Å². The summed E-state index contributed by atoms with van der Waals surface area (Å²) in [6.07, 6.45) is 8.00. The third-order valence-electron chi connectivity index (χ3n) is 9.16. The number of anilines is 3. The SMILES string of the molecule is C=Nc1cc(NC)ccc1NCCN1CCCC1.CN(C(=O)c1c(C=O)cccc1NCCCCCNC(=O)c1ccc(C=O)cc1)C(C=O)CCC=O.CNC. The van der Waals surface area contributed by atoms with Crippen LogP contribution in [0, 0.1) is 0 Å². The highest BCUT2D eigenvalue weighted by Crippen LogP contribution is 2.28. The molecule has 1 saturated heterocycles. The first-order valence-electron chi connectivity index (χ1n) is 19.4. The van der Waals surface area contributed by atoms with Crippen LogP contribution in [0.2, 0.25) is 0 Å². The number of aldehydes is 4. The topological polar surface area (TPSA) is 181 Å². The number of hydrogen-bond acceptors (Lipinski definition) is 12. The number of aliphatic imine (C=N–C) groups is 1. The van der Waals surface area contributed by atoms with Crippen molar-refractivity contribution < 1.29 is 28.8 Å². The summed E-state index contributed by atoms with van der Waals surface area (Å²) in [4.78, 5) is 77.5. The molecule has 4 rings (SSSR count). The Bertz CT molecular complexity index is 1710. The molecule has 0 aromatic heterocycles. The maximum atomic E-state index is 13.1. The number of amides is 2. The minimum atomic E-state index is -0.770. The van der Waals surface area contributed by atoms with Gasteiger partial charge in [-0.15, -0.1) is 0 Å². The molecule has 0 saturated carbocycles. The summed E-state index contributed by atoms with van der Waals surface area (Å²) in [5.74, 6) is -0.683. The number of hydrogen-bond donors (Lipinski definition) is 5. The Morgan fingerprint density at radius 3 is 2.16 bits per heavy atom. The minimum absolute atomic E-state index is 0.147. The molecule has 308 valence electrons. The predicted octanol–water partition coefficient (Wildman–Crippen LogP) is 5.35. The number of likely N-dealkylation sites (tertiary alicyclic amines) is 1. The summed E-state index contributed by atoms with van der Waals surface area (Å²) in [6, 6.07) is 16.6. The van der Waals surface area contributed by atoms with Gasteiger partial charge in [-0.05, 0) is 109 Å². The van der Waals surface area contributed by atoms with Gasteiger partial charge in [-0.1, -0.05) is 24.3 Å². The van der Waals surface area contributed by atoms with Gasteiger partial charge in [0.1, 0.15) is 18.9 Å². The Balaban J connectivity index is 0.000000442. The lowest BCUT2D eigenvalue weighted by Gasteiger charge is -2.25. The first-order valence-corrected chi connectivity index (χ1v) is 19.4. The third kappa shape index (κ3) is 16.5. The van der Waals surface area contributed by atoms with Crippen LogP contribution >= 0.6 is 0 Å². The lowest BCUT2D eigenvalue weighted by Crippen LogP contribution is -2.39. The molecule has 14 nitrogen and oxygen atoms in total. The molecule has 14 heteroatoms. The summed E-state index contributed by atoms with van der Waals surface area (Å²) in [7, 11) is 7.13. The number of benzene rings is 3. The van der Waals surface area contributed by atoms with Crippen molar-refractivity contribution in [2.45, 2.75) is 51.0 Å². The van der Waals surface area contributed by atoms with Gasteiger partial charge in [0.25, 0.3) is 11.8 Å². The van der Waals surface area contributed by atoms with E-state index in [1.54, 1.807) is 36.4 Å². The summed E-state index contributed by atoms with van der Waals surface area (Å²) in [6.45, 7) is 9.21. The molecular weight excluding hydrogens is 725 g/mol. The molecule has 1 aliphatic heterocycles. The van der Waals surface area contributed by atoms with Crippen molar-refractivity contribution in [3.63, 3.8) is 0 Å². The lowest BCUT2D eigenvalue weighted by atomic mass is 10.0. The van der Waals surface area contributed by atoms with Crippen molar-refractivity contribution in [3.8, 4) is 0 Å². The Morgan fingerprint density at radius 2 is 1.54 bits per heavy atom. The highest BCUT2D eigenvalue weighted by atomic mass is 16.2. The van der Waals surface area contributed by atoms with Crippen LogP contribution in [0.25, 0.3) is 0 Å². The van der Waals surface area contributed by atoms with Gasteiger partial charge in [-0.25, -0.2) is 0 Å². The van der Waals surface area contributed by atoms with E-state index in [9.17, 15) is 28.8 Å². The van der Waals surface area contributed by atoms with E-state index in [-0.39, 0.29) is 29.9 Å². The van der Waals surface area contributed by atoms with Crippen LogP contribution in [-0.4, -0.2) is 127 Å². The molecule has 3 aromatic rings. The first kappa shape index (κ1) is 47.4. The van der Waals surface area contributed by atoms with Crippen molar-refractivity contribution in [3.05, 3.63) is 82.9 Å². The third-order valence-corrected chi connectivity index (χ3v) is 9.16. The molecule has 2 amide bonds. The van der Waals surface area contributed by atoms with Crippen molar-refractivity contribution in [2.75, 3.05) is 83.4 Å².